The van der Waals surface area contributed by atoms with Crippen LogP contribution in [-0.4, -0.2) is 10.9 Å². The van der Waals surface area contributed by atoms with E-state index in [0.717, 1.165) is 12.1 Å². The highest BCUT2D eigenvalue weighted by Gasteiger charge is 2.30. The summed E-state index contributed by atoms with van der Waals surface area (Å²) in [6.07, 6.45) is -1.47. The van der Waals surface area contributed by atoms with E-state index in [4.69, 9.17) is 11.6 Å². The predicted molar refractivity (Wildman–Crippen MR) is 101 cm³/mol. The van der Waals surface area contributed by atoms with E-state index in [1.54, 1.807) is 24.3 Å². The van der Waals surface area contributed by atoms with Crippen LogP contribution in [0.1, 0.15) is 20.8 Å². The number of phenolic OH excluding ortho intramolecular Hbond substituents is 1. The second-order valence-electron chi connectivity index (χ2n) is 5.64. The molecule has 0 atom stereocenters. The number of hydrogen-bond acceptors (Lipinski definition) is 3. The Labute approximate surface area is 162 Å². The van der Waals surface area contributed by atoms with Crippen LogP contribution in [0.5, 0.6) is 5.75 Å². The average Bonchev–Trinajstić information content (AvgIpc) is 3.10. The molecule has 1 N–H and O–H groups in total. The summed E-state index contributed by atoms with van der Waals surface area (Å²) in [5, 5.41) is 9.64. The number of thiophene rings is 1. The van der Waals surface area contributed by atoms with Crippen LogP contribution < -0.4 is 0 Å². The van der Waals surface area contributed by atoms with Crippen LogP contribution in [0, 0.1) is 0 Å². The van der Waals surface area contributed by atoms with Crippen molar-refractivity contribution in [3.63, 3.8) is 0 Å². The number of aromatic hydroxyl groups is 1. The molecule has 1 aromatic heterocycles. The minimum Gasteiger partial charge on any atom is -0.508 e. The zero-order valence-corrected chi connectivity index (χ0v) is 15.2. The largest absolute Gasteiger partial charge is 0.508 e. The van der Waals surface area contributed by atoms with Crippen molar-refractivity contribution in [3.8, 4) is 16.2 Å². The van der Waals surface area contributed by atoms with E-state index in [-0.39, 0.29) is 11.5 Å². The number of alkyl halides is 3. The molecule has 2 nitrogen and oxygen atoms in total. The summed E-state index contributed by atoms with van der Waals surface area (Å²) in [6.45, 7) is 0. The first-order valence-corrected chi connectivity index (χ1v) is 8.92. The van der Waals surface area contributed by atoms with Gasteiger partial charge in [0.05, 0.1) is 15.5 Å². The number of halogens is 4. The molecule has 138 valence electrons. The van der Waals surface area contributed by atoms with Gasteiger partial charge in [0.1, 0.15) is 5.75 Å². The Morgan fingerprint density at radius 3 is 2.37 bits per heavy atom. The fourth-order valence-corrected chi connectivity index (χ4v) is 3.52. The molecule has 0 saturated heterocycles. The summed E-state index contributed by atoms with van der Waals surface area (Å²) in [5.41, 5.74) is 0.479. The molecule has 27 heavy (non-hydrogen) atoms. The zero-order chi connectivity index (χ0) is 19.6. The SMILES string of the molecule is O=C(/C=C/c1ccc(O)cc1Cl)c1ccc(-c2ccc(C(F)(F)F)cc2)s1. The van der Waals surface area contributed by atoms with Gasteiger partial charge in [-0.15, -0.1) is 11.3 Å². The van der Waals surface area contributed by atoms with Crippen LogP contribution in [0.25, 0.3) is 16.5 Å². The second kappa shape index (κ2) is 7.58. The Hall–Kier alpha value is -2.57. The number of hydrogen-bond donors (Lipinski definition) is 1. The molecule has 7 heteroatoms. The average molecular weight is 409 g/mol. The van der Waals surface area contributed by atoms with Crippen LogP contribution in [0.2, 0.25) is 5.02 Å². The minimum absolute atomic E-state index is 0.0305. The highest BCUT2D eigenvalue weighted by atomic mass is 35.5. The topological polar surface area (TPSA) is 37.3 Å². The monoisotopic (exact) mass is 408 g/mol. The van der Waals surface area contributed by atoms with E-state index < -0.39 is 11.7 Å². The Morgan fingerprint density at radius 2 is 1.74 bits per heavy atom. The van der Waals surface area contributed by atoms with Gasteiger partial charge in [-0.3, -0.25) is 4.79 Å². The van der Waals surface area contributed by atoms with Crippen LogP contribution in [0.4, 0.5) is 13.2 Å². The van der Waals surface area contributed by atoms with Crippen molar-refractivity contribution in [2.24, 2.45) is 0 Å². The molecule has 0 fully saturated rings. The highest BCUT2D eigenvalue weighted by molar-refractivity contribution is 7.17. The zero-order valence-electron chi connectivity index (χ0n) is 13.6. The third kappa shape index (κ3) is 4.59. The predicted octanol–water partition coefficient (Wildman–Crippen LogP) is 6.69. The maximum atomic E-state index is 12.6. The lowest BCUT2D eigenvalue weighted by Gasteiger charge is -2.06. The maximum Gasteiger partial charge on any atom is 0.416 e. The fourth-order valence-electron chi connectivity index (χ4n) is 2.35. The number of benzene rings is 2. The minimum atomic E-state index is -4.38. The highest BCUT2D eigenvalue weighted by Crippen LogP contribution is 2.33. The molecule has 2 aromatic carbocycles. The first-order chi connectivity index (χ1) is 12.7. The van der Waals surface area contributed by atoms with E-state index in [1.807, 2.05) is 0 Å². The van der Waals surface area contributed by atoms with Gasteiger partial charge < -0.3 is 5.11 Å². The molecule has 3 rings (SSSR count). The number of rotatable bonds is 4. The van der Waals surface area contributed by atoms with Crippen LogP contribution in [0.3, 0.4) is 0 Å². The molecule has 1 heterocycles. The number of carbonyl (C=O) groups is 1. The summed E-state index contributed by atoms with van der Waals surface area (Å²) < 4.78 is 37.9. The van der Waals surface area contributed by atoms with Crippen molar-refractivity contribution in [2.45, 2.75) is 6.18 Å². The van der Waals surface area contributed by atoms with Crippen molar-refractivity contribution in [3.05, 3.63) is 81.7 Å². The Morgan fingerprint density at radius 1 is 1.04 bits per heavy atom. The molecule has 0 unspecified atom stereocenters. The van der Waals surface area contributed by atoms with Crippen LogP contribution in [0.15, 0.2) is 60.7 Å². The Bertz CT molecular complexity index is 1000. The van der Waals surface area contributed by atoms with E-state index in [1.165, 1.54) is 41.7 Å². The summed E-state index contributed by atoms with van der Waals surface area (Å²) in [5.74, 6) is -0.217. The summed E-state index contributed by atoms with van der Waals surface area (Å²) in [6, 6.07) is 12.5. The van der Waals surface area contributed by atoms with Crippen molar-refractivity contribution < 1.29 is 23.1 Å². The van der Waals surface area contributed by atoms with Gasteiger partial charge in [-0.05, 0) is 65.7 Å². The number of allylic oxidation sites excluding steroid dienone is 1. The molecular weight excluding hydrogens is 397 g/mol. The standard InChI is InChI=1S/C20H12ClF3O2S/c21-16-11-15(25)7-3-12(16)4-8-17(26)19-10-9-18(27-19)13-1-5-14(6-2-13)20(22,23)24/h1-11,25H/b8-4+. The van der Waals surface area contributed by atoms with Gasteiger partial charge in [0.25, 0.3) is 0 Å². The molecule has 0 aliphatic heterocycles. The van der Waals surface area contributed by atoms with E-state index in [9.17, 15) is 23.1 Å². The van der Waals surface area contributed by atoms with E-state index in [2.05, 4.69) is 0 Å². The summed E-state index contributed by atoms with van der Waals surface area (Å²) in [7, 11) is 0. The van der Waals surface area contributed by atoms with Gasteiger partial charge in [0, 0.05) is 4.88 Å². The third-order valence-electron chi connectivity index (χ3n) is 3.74. The van der Waals surface area contributed by atoms with E-state index in [0.29, 0.717) is 25.9 Å². The van der Waals surface area contributed by atoms with Gasteiger partial charge in [0.15, 0.2) is 5.78 Å². The number of carbonyl (C=O) groups excluding carboxylic acids is 1. The maximum absolute atomic E-state index is 12.6. The smallest absolute Gasteiger partial charge is 0.416 e. The second-order valence-corrected chi connectivity index (χ2v) is 7.13. The van der Waals surface area contributed by atoms with Crippen LogP contribution in [-0.2, 0) is 6.18 Å². The molecule has 0 spiro atoms. The van der Waals surface area contributed by atoms with Crippen molar-refractivity contribution in [2.75, 3.05) is 0 Å². The molecule has 0 radical (unpaired) electrons. The normalized spacial score (nSPS) is 11.9. The molecule has 0 amide bonds. The van der Waals surface area contributed by atoms with Crippen LogP contribution >= 0.6 is 22.9 Å². The molecule has 0 bridgehead atoms. The Kier molecular flexibility index (Phi) is 5.39. The van der Waals surface area contributed by atoms with Gasteiger partial charge in [0.2, 0.25) is 0 Å². The molecule has 0 aliphatic rings. The van der Waals surface area contributed by atoms with Gasteiger partial charge >= 0.3 is 6.18 Å². The Balaban J connectivity index is 1.77. The van der Waals surface area contributed by atoms with Crippen molar-refractivity contribution in [1.29, 1.82) is 0 Å². The molecule has 0 aliphatic carbocycles. The van der Waals surface area contributed by atoms with Gasteiger partial charge in [-0.1, -0.05) is 23.7 Å². The first-order valence-electron chi connectivity index (χ1n) is 7.72. The lowest BCUT2D eigenvalue weighted by Crippen LogP contribution is -2.03. The number of ketones is 1. The lowest BCUT2D eigenvalue weighted by molar-refractivity contribution is -0.137. The van der Waals surface area contributed by atoms with Gasteiger partial charge in [-0.2, -0.15) is 13.2 Å². The molecular formula is C20H12ClF3O2S. The van der Waals surface area contributed by atoms with Gasteiger partial charge in [-0.25, -0.2) is 0 Å². The molecule has 3 aromatic rings. The number of phenols is 1. The first kappa shape index (κ1) is 19.2. The third-order valence-corrected chi connectivity index (χ3v) is 5.22. The van der Waals surface area contributed by atoms with Crippen molar-refractivity contribution in [1.82, 2.24) is 0 Å². The quantitative estimate of drug-likeness (QED) is 0.385. The lowest BCUT2D eigenvalue weighted by atomic mass is 10.1. The summed E-state index contributed by atoms with van der Waals surface area (Å²) in [4.78, 5) is 13.5. The van der Waals surface area contributed by atoms with E-state index >= 15 is 0 Å². The molecule has 0 saturated carbocycles. The fraction of sp³-hybridized carbons (Fsp3) is 0.0500. The van der Waals surface area contributed by atoms with Crippen molar-refractivity contribution >= 4 is 34.8 Å². The summed E-state index contributed by atoms with van der Waals surface area (Å²) >= 11 is 7.18.